The molecule has 106 valence electrons. The first-order chi connectivity index (χ1) is 8.51. The molecule has 5 nitrogen and oxygen atoms in total. The molecule has 0 bridgehead atoms. The Morgan fingerprint density at radius 1 is 1.42 bits per heavy atom. The lowest BCUT2D eigenvalue weighted by Gasteiger charge is -2.24. The summed E-state index contributed by atoms with van der Waals surface area (Å²) in [5.41, 5.74) is 4.69. The van der Waals surface area contributed by atoms with Gasteiger partial charge in [-0.2, -0.15) is 0 Å². The van der Waals surface area contributed by atoms with Crippen LogP contribution in [0.15, 0.2) is 23.1 Å². The van der Waals surface area contributed by atoms with Crippen molar-refractivity contribution in [1.82, 2.24) is 0 Å². The number of benzene rings is 1. The van der Waals surface area contributed by atoms with Crippen molar-refractivity contribution in [3.8, 4) is 0 Å². The topological polar surface area (TPSA) is 86.5 Å². The fourth-order valence-electron chi connectivity index (χ4n) is 1.68. The average Bonchev–Trinajstić information content (AvgIpc) is 2.17. The smallest absolute Gasteiger partial charge is 0.405 e. The molecule has 0 radical (unpaired) electrons. The highest BCUT2D eigenvalue weighted by atomic mass is 35.5. The summed E-state index contributed by atoms with van der Waals surface area (Å²) in [5.74, 6) is 0. The van der Waals surface area contributed by atoms with Crippen molar-refractivity contribution in [2.24, 2.45) is 5.73 Å². The van der Waals surface area contributed by atoms with Gasteiger partial charge in [-0.3, -0.25) is 0 Å². The van der Waals surface area contributed by atoms with Crippen LogP contribution in [0.2, 0.25) is 5.02 Å². The van der Waals surface area contributed by atoms with Gasteiger partial charge in [0.2, 0.25) is 0 Å². The summed E-state index contributed by atoms with van der Waals surface area (Å²) in [6.07, 6.45) is 0.490. The number of halogens is 1. The van der Waals surface area contributed by atoms with E-state index < -0.39 is 21.5 Å². The standard InChI is InChI=1S/C12H16ClNO4S/c1-12(2,18-11(14)15)7-8-6-9(19(3,16)17)4-5-10(8)13/h4-6H,7H2,1-3H3,(H2,14,15). The lowest BCUT2D eigenvalue weighted by molar-refractivity contribution is 0.0460. The van der Waals surface area contributed by atoms with E-state index in [2.05, 4.69) is 0 Å². The third-order valence-electron chi connectivity index (χ3n) is 2.44. The van der Waals surface area contributed by atoms with Crippen LogP contribution in [0, 0.1) is 0 Å². The number of rotatable bonds is 4. The quantitative estimate of drug-likeness (QED) is 0.923. The zero-order chi connectivity index (χ0) is 14.8. The molecule has 0 fully saturated rings. The first-order valence-corrected chi connectivity index (χ1v) is 7.75. The second-order valence-corrected chi connectivity index (χ2v) is 7.31. The van der Waals surface area contributed by atoms with Gasteiger partial charge in [0.05, 0.1) is 4.90 Å². The van der Waals surface area contributed by atoms with Gasteiger partial charge in [0.15, 0.2) is 9.84 Å². The molecule has 0 heterocycles. The lowest BCUT2D eigenvalue weighted by atomic mass is 9.98. The van der Waals surface area contributed by atoms with Crippen molar-refractivity contribution >= 4 is 27.5 Å². The Balaban J connectivity index is 3.11. The monoisotopic (exact) mass is 305 g/mol. The van der Waals surface area contributed by atoms with E-state index in [4.69, 9.17) is 22.1 Å². The Hall–Kier alpha value is -1.27. The van der Waals surface area contributed by atoms with E-state index in [-0.39, 0.29) is 11.3 Å². The van der Waals surface area contributed by atoms with E-state index in [1.165, 1.54) is 18.2 Å². The van der Waals surface area contributed by atoms with Crippen molar-refractivity contribution < 1.29 is 17.9 Å². The third kappa shape index (κ3) is 4.72. The molecule has 0 aromatic heterocycles. The molecule has 0 unspecified atom stereocenters. The number of amides is 1. The number of primary amides is 1. The molecule has 0 aliphatic heterocycles. The first kappa shape index (κ1) is 15.8. The highest BCUT2D eigenvalue weighted by Crippen LogP contribution is 2.26. The van der Waals surface area contributed by atoms with Crippen LogP contribution < -0.4 is 5.73 Å². The SMILES string of the molecule is CC(C)(Cc1cc(S(C)(=O)=O)ccc1Cl)OC(N)=O. The normalized spacial score (nSPS) is 12.2. The molecule has 1 amide bonds. The van der Waals surface area contributed by atoms with E-state index in [1.807, 2.05) is 0 Å². The maximum Gasteiger partial charge on any atom is 0.405 e. The molecular formula is C12H16ClNO4S. The maximum absolute atomic E-state index is 11.5. The number of carbonyl (C=O) groups excluding carboxylic acids is 1. The lowest BCUT2D eigenvalue weighted by Crippen LogP contribution is -2.33. The Labute approximate surface area is 117 Å². The minimum Gasteiger partial charge on any atom is -0.443 e. The van der Waals surface area contributed by atoms with Crippen LogP contribution in [-0.2, 0) is 21.0 Å². The van der Waals surface area contributed by atoms with Gasteiger partial charge >= 0.3 is 6.09 Å². The van der Waals surface area contributed by atoms with Crippen molar-refractivity contribution in [2.75, 3.05) is 6.26 Å². The number of sulfone groups is 1. The Morgan fingerprint density at radius 3 is 2.47 bits per heavy atom. The second kappa shape index (κ2) is 5.38. The molecule has 0 aliphatic carbocycles. The number of ether oxygens (including phenoxy) is 1. The van der Waals surface area contributed by atoms with Crippen LogP contribution in [0.5, 0.6) is 0 Å². The summed E-state index contributed by atoms with van der Waals surface area (Å²) < 4.78 is 27.9. The molecular weight excluding hydrogens is 290 g/mol. The van der Waals surface area contributed by atoms with Crippen LogP contribution in [-0.4, -0.2) is 26.4 Å². The third-order valence-corrected chi connectivity index (χ3v) is 3.92. The van der Waals surface area contributed by atoms with Crippen molar-refractivity contribution in [3.63, 3.8) is 0 Å². The van der Waals surface area contributed by atoms with Gasteiger partial charge in [-0.05, 0) is 37.6 Å². The van der Waals surface area contributed by atoms with Gasteiger partial charge in [-0.15, -0.1) is 0 Å². The fraction of sp³-hybridized carbons (Fsp3) is 0.417. The molecule has 0 aliphatic rings. The van der Waals surface area contributed by atoms with Gasteiger partial charge in [-0.1, -0.05) is 11.6 Å². The average molecular weight is 306 g/mol. The second-order valence-electron chi connectivity index (χ2n) is 4.88. The minimum absolute atomic E-state index is 0.168. The molecule has 2 N–H and O–H groups in total. The summed E-state index contributed by atoms with van der Waals surface area (Å²) in [6, 6.07) is 4.42. The fourth-order valence-corrected chi connectivity index (χ4v) is 2.54. The largest absolute Gasteiger partial charge is 0.443 e. The van der Waals surface area contributed by atoms with Crippen LogP contribution in [0.25, 0.3) is 0 Å². The predicted octanol–water partition coefficient (Wildman–Crippen LogP) is 2.16. The maximum atomic E-state index is 11.5. The Kier molecular flexibility index (Phi) is 4.47. The van der Waals surface area contributed by atoms with Gasteiger partial charge in [-0.25, -0.2) is 13.2 Å². The Bertz CT molecular complexity index is 596. The van der Waals surface area contributed by atoms with Crippen molar-refractivity contribution in [2.45, 2.75) is 30.8 Å². The van der Waals surface area contributed by atoms with Crippen LogP contribution in [0.3, 0.4) is 0 Å². The highest BCUT2D eigenvalue weighted by molar-refractivity contribution is 7.90. The van der Waals surface area contributed by atoms with E-state index in [1.54, 1.807) is 13.8 Å². The molecule has 1 rings (SSSR count). The molecule has 1 aromatic carbocycles. The number of hydrogen-bond donors (Lipinski definition) is 1. The molecule has 1 aromatic rings. The summed E-state index contributed by atoms with van der Waals surface area (Å²) in [6.45, 7) is 3.34. The number of hydrogen-bond acceptors (Lipinski definition) is 4. The van der Waals surface area contributed by atoms with E-state index in [9.17, 15) is 13.2 Å². The summed E-state index contributed by atoms with van der Waals surface area (Å²) >= 11 is 6.02. The van der Waals surface area contributed by atoms with E-state index in [0.29, 0.717) is 10.6 Å². The predicted molar refractivity (Wildman–Crippen MR) is 73.0 cm³/mol. The van der Waals surface area contributed by atoms with Crippen LogP contribution in [0.1, 0.15) is 19.4 Å². The molecule has 0 saturated heterocycles. The summed E-state index contributed by atoms with van der Waals surface area (Å²) in [7, 11) is -3.31. The van der Waals surface area contributed by atoms with Crippen LogP contribution in [0.4, 0.5) is 4.79 Å². The van der Waals surface area contributed by atoms with Gasteiger partial charge < -0.3 is 10.5 Å². The minimum atomic E-state index is -3.31. The molecule has 0 spiro atoms. The summed E-state index contributed by atoms with van der Waals surface area (Å²) in [5, 5.41) is 0.411. The van der Waals surface area contributed by atoms with Crippen molar-refractivity contribution in [3.05, 3.63) is 28.8 Å². The van der Waals surface area contributed by atoms with Gasteiger partial charge in [0, 0.05) is 17.7 Å². The molecule has 19 heavy (non-hydrogen) atoms. The van der Waals surface area contributed by atoms with Gasteiger partial charge in [0.1, 0.15) is 5.60 Å². The van der Waals surface area contributed by atoms with E-state index in [0.717, 1.165) is 6.26 Å². The Morgan fingerprint density at radius 2 is 2.00 bits per heavy atom. The zero-order valence-electron chi connectivity index (χ0n) is 10.9. The van der Waals surface area contributed by atoms with E-state index >= 15 is 0 Å². The zero-order valence-corrected chi connectivity index (χ0v) is 12.5. The molecule has 0 saturated carbocycles. The first-order valence-electron chi connectivity index (χ1n) is 5.48. The van der Waals surface area contributed by atoms with Gasteiger partial charge in [0.25, 0.3) is 0 Å². The highest BCUT2D eigenvalue weighted by Gasteiger charge is 2.24. The summed E-state index contributed by atoms with van der Waals surface area (Å²) in [4.78, 5) is 11.0. The van der Waals surface area contributed by atoms with Crippen LogP contribution >= 0.6 is 11.6 Å². The molecule has 7 heteroatoms. The molecule has 0 atom stereocenters. The number of nitrogens with two attached hydrogens (primary N) is 1. The number of carbonyl (C=O) groups is 1. The van der Waals surface area contributed by atoms with Crippen molar-refractivity contribution in [1.29, 1.82) is 0 Å².